The van der Waals surface area contributed by atoms with E-state index < -0.39 is 0 Å². The molecule has 0 aliphatic rings. The molecule has 2 nitrogen and oxygen atoms in total. The number of carbonyl (C=O) groups is 1. The lowest BCUT2D eigenvalue weighted by molar-refractivity contribution is -0.109. The highest BCUT2D eigenvalue weighted by Crippen LogP contribution is 2.13. The van der Waals surface area contributed by atoms with Gasteiger partial charge in [0.15, 0.2) is 0 Å². The van der Waals surface area contributed by atoms with E-state index in [2.05, 4.69) is 24.4 Å². The summed E-state index contributed by atoms with van der Waals surface area (Å²) in [6.07, 6.45) is 8.84. The highest BCUT2D eigenvalue weighted by Gasteiger charge is 2.04. The Bertz CT molecular complexity index is 309. The second-order valence-corrected chi connectivity index (χ2v) is 6.03. The summed E-state index contributed by atoms with van der Waals surface area (Å²) >= 11 is 1.85. The van der Waals surface area contributed by atoms with E-state index in [9.17, 15) is 4.79 Å². The molecule has 1 aromatic heterocycles. The van der Waals surface area contributed by atoms with Crippen LogP contribution in [-0.4, -0.2) is 19.5 Å². The molecule has 0 aliphatic carbocycles. The first-order chi connectivity index (χ1) is 9.36. The molecule has 1 atom stereocenters. The van der Waals surface area contributed by atoms with Crippen LogP contribution in [0.2, 0.25) is 0 Å². The van der Waals surface area contributed by atoms with Crippen LogP contribution in [0.25, 0.3) is 0 Å². The molecule has 0 saturated carbocycles. The van der Waals surface area contributed by atoms with E-state index >= 15 is 0 Å². The molecular weight excluding hydrogens is 256 g/mol. The molecule has 1 heterocycles. The van der Waals surface area contributed by atoms with Gasteiger partial charge in [-0.05, 0) is 36.6 Å². The van der Waals surface area contributed by atoms with Crippen LogP contribution in [0.4, 0.5) is 0 Å². The molecule has 0 saturated heterocycles. The van der Waals surface area contributed by atoms with E-state index in [1.54, 1.807) is 0 Å². The van der Waals surface area contributed by atoms with E-state index in [1.165, 1.54) is 30.6 Å². The third-order valence-electron chi connectivity index (χ3n) is 3.40. The summed E-state index contributed by atoms with van der Waals surface area (Å²) < 4.78 is 5.63. The first-order valence-electron chi connectivity index (χ1n) is 7.40. The van der Waals surface area contributed by atoms with Gasteiger partial charge in [0.2, 0.25) is 0 Å². The number of hydrogen-bond donors (Lipinski definition) is 0. The van der Waals surface area contributed by atoms with Gasteiger partial charge in [0, 0.05) is 24.5 Å². The minimum absolute atomic E-state index is 0.413. The summed E-state index contributed by atoms with van der Waals surface area (Å²) in [6.45, 7) is 3.70. The number of hydrogen-bond acceptors (Lipinski definition) is 3. The van der Waals surface area contributed by atoms with Crippen molar-refractivity contribution in [3.8, 4) is 0 Å². The largest absolute Gasteiger partial charge is 0.381 e. The Morgan fingerprint density at radius 2 is 2.16 bits per heavy atom. The lowest BCUT2D eigenvalue weighted by atomic mass is 10.1. The molecule has 3 heteroatoms. The Balaban J connectivity index is 1.86. The molecule has 1 aromatic rings. The average Bonchev–Trinajstić information content (AvgIpc) is 2.93. The molecule has 0 spiro atoms. The molecule has 1 unspecified atom stereocenters. The first-order valence-corrected chi connectivity index (χ1v) is 8.28. The number of aldehydes is 1. The van der Waals surface area contributed by atoms with Crippen molar-refractivity contribution in [1.29, 1.82) is 0 Å². The van der Waals surface area contributed by atoms with Crippen LogP contribution in [0.5, 0.6) is 0 Å². The van der Waals surface area contributed by atoms with Gasteiger partial charge in [-0.25, -0.2) is 0 Å². The zero-order valence-corrected chi connectivity index (χ0v) is 12.8. The van der Waals surface area contributed by atoms with E-state index in [-0.39, 0.29) is 0 Å². The van der Waals surface area contributed by atoms with Gasteiger partial charge in [0.05, 0.1) is 0 Å². The normalized spacial score (nSPS) is 12.5. The Morgan fingerprint density at radius 3 is 2.84 bits per heavy atom. The van der Waals surface area contributed by atoms with Gasteiger partial charge in [0.1, 0.15) is 6.29 Å². The third kappa shape index (κ3) is 8.17. The summed E-state index contributed by atoms with van der Waals surface area (Å²) in [7, 11) is 0. The van der Waals surface area contributed by atoms with Gasteiger partial charge in [-0.15, -0.1) is 11.3 Å². The predicted molar refractivity (Wildman–Crippen MR) is 81.8 cm³/mol. The summed E-state index contributed by atoms with van der Waals surface area (Å²) in [6, 6.07) is 4.34. The van der Waals surface area contributed by atoms with Crippen molar-refractivity contribution in [3.05, 3.63) is 22.4 Å². The molecule has 0 fully saturated rings. The van der Waals surface area contributed by atoms with Crippen molar-refractivity contribution in [2.45, 2.75) is 51.9 Å². The van der Waals surface area contributed by atoms with E-state index in [1.807, 2.05) is 11.3 Å². The maximum atomic E-state index is 10.4. The van der Waals surface area contributed by atoms with Crippen LogP contribution in [0.3, 0.4) is 0 Å². The Kier molecular flexibility index (Phi) is 9.64. The molecule has 0 radical (unpaired) electrons. The van der Waals surface area contributed by atoms with E-state index in [0.717, 1.165) is 32.3 Å². The predicted octanol–water partition coefficient (Wildman–Crippen LogP) is 4.48. The van der Waals surface area contributed by atoms with Crippen LogP contribution in [-0.2, 0) is 16.0 Å². The molecule has 19 heavy (non-hydrogen) atoms. The third-order valence-corrected chi connectivity index (χ3v) is 4.34. The summed E-state index contributed by atoms with van der Waals surface area (Å²) in [4.78, 5) is 11.9. The number of carbonyl (C=O) groups excluding carboxylic acids is 1. The van der Waals surface area contributed by atoms with E-state index in [0.29, 0.717) is 12.3 Å². The minimum Gasteiger partial charge on any atom is -0.381 e. The quantitative estimate of drug-likeness (QED) is 0.417. The molecule has 0 bridgehead atoms. The monoisotopic (exact) mass is 282 g/mol. The molecule has 108 valence electrons. The smallest absolute Gasteiger partial charge is 0.120 e. The lowest BCUT2D eigenvalue weighted by Gasteiger charge is -2.11. The fraction of sp³-hybridized carbons (Fsp3) is 0.688. The Hall–Kier alpha value is -0.670. The summed E-state index contributed by atoms with van der Waals surface area (Å²) in [5, 5.41) is 2.15. The van der Waals surface area contributed by atoms with Crippen molar-refractivity contribution in [2.75, 3.05) is 13.2 Å². The second kappa shape index (κ2) is 11.2. The molecule has 0 amide bonds. The van der Waals surface area contributed by atoms with Crippen molar-refractivity contribution in [2.24, 2.45) is 5.92 Å². The fourth-order valence-electron chi connectivity index (χ4n) is 2.05. The highest BCUT2D eigenvalue weighted by atomic mass is 32.1. The topological polar surface area (TPSA) is 26.3 Å². The minimum atomic E-state index is 0.413. The molecule has 1 rings (SSSR count). The number of rotatable bonds is 12. The number of thiophene rings is 1. The molecule has 0 aromatic carbocycles. The summed E-state index contributed by atoms with van der Waals surface area (Å²) in [5.74, 6) is 0.413. The van der Waals surface area contributed by atoms with Crippen molar-refractivity contribution >= 4 is 17.6 Å². The number of ether oxygens (including phenoxy) is 1. The zero-order chi connectivity index (χ0) is 13.8. The SMILES string of the molecule is CCC(CC=O)COCCCCCCc1cccs1. The Labute approximate surface area is 121 Å². The first kappa shape index (κ1) is 16.4. The van der Waals surface area contributed by atoms with Crippen LogP contribution in [0.1, 0.15) is 50.3 Å². The number of aryl methyl sites for hydroxylation is 1. The van der Waals surface area contributed by atoms with Crippen LogP contribution in [0, 0.1) is 5.92 Å². The van der Waals surface area contributed by atoms with Gasteiger partial charge in [-0.2, -0.15) is 0 Å². The molecular formula is C16H26O2S. The van der Waals surface area contributed by atoms with Crippen LogP contribution < -0.4 is 0 Å². The van der Waals surface area contributed by atoms with Crippen molar-refractivity contribution in [1.82, 2.24) is 0 Å². The second-order valence-electron chi connectivity index (χ2n) is 5.00. The molecule has 0 aliphatic heterocycles. The Morgan fingerprint density at radius 1 is 1.32 bits per heavy atom. The van der Waals surface area contributed by atoms with Gasteiger partial charge < -0.3 is 9.53 Å². The van der Waals surface area contributed by atoms with Crippen LogP contribution in [0.15, 0.2) is 17.5 Å². The lowest BCUT2D eigenvalue weighted by Crippen LogP contribution is -2.10. The van der Waals surface area contributed by atoms with Gasteiger partial charge >= 0.3 is 0 Å². The van der Waals surface area contributed by atoms with Gasteiger partial charge in [-0.1, -0.05) is 32.3 Å². The maximum absolute atomic E-state index is 10.4. The number of unbranched alkanes of at least 4 members (excludes halogenated alkanes) is 3. The molecule has 0 N–H and O–H groups in total. The maximum Gasteiger partial charge on any atom is 0.120 e. The van der Waals surface area contributed by atoms with Gasteiger partial charge in [0.25, 0.3) is 0 Å². The standard InChI is InChI=1S/C16H26O2S/c1-2-15(10-11-17)14-18-12-6-4-3-5-8-16-9-7-13-19-16/h7,9,11,13,15H,2-6,8,10,12,14H2,1H3. The fourth-order valence-corrected chi connectivity index (χ4v) is 2.80. The zero-order valence-electron chi connectivity index (χ0n) is 12.0. The van der Waals surface area contributed by atoms with Gasteiger partial charge in [-0.3, -0.25) is 0 Å². The van der Waals surface area contributed by atoms with Crippen molar-refractivity contribution < 1.29 is 9.53 Å². The van der Waals surface area contributed by atoms with Crippen molar-refractivity contribution in [3.63, 3.8) is 0 Å². The van der Waals surface area contributed by atoms with Crippen LogP contribution >= 0.6 is 11.3 Å². The van der Waals surface area contributed by atoms with E-state index in [4.69, 9.17) is 4.74 Å². The highest BCUT2D eigenvalue weighted by molar-refractivity contribution is 7.09. The summed E-state index contributed by atoms with van der Waals surface area (Å²) in [5.41, 5.74) is 0. The average molecular weight is 282 g/mol.